The summed E-state index contributed by atoms with van der Waals surface area (Å²) in [5.41, 5.74) is 0.765. The predicted octanol–water partition coefficient (Wildman–Crippen LogP) is 4.41. The van der Waals surface area contributed by atoms with Gasteiger partial charge in [0.25, 0.3) is 5.69 Å². The van der Waals surface area contributed by atoms with Gasteiger partial charge in [-0.3, -0.25) is 19.2 Å². The third kappa shape index (κ3) is 4.72. The maximum absolute atomic E-state index is 13.5. The second kappa shape index (κ2) is 7.63. The van der Waals surface area contributed by atoms with Crippen LogP contribution >= 0.6 is 7.67 Å². The highest BCUT2D eigenvalue weighted by Gasteiger charge is 2.51. The topological polar surface area (TPSA) is 84.7 Å². The molecule has 1 aromatic carbocycles. The minimum Gasteiger partial charge on any atom is -0.414 e. The maximum Gasteiger partial charge on any atom is 0.346 e. The molecule has 0 bridgehead atoms. The molecule has 2 heterocycles. The van der Waals surface area contributed by atoms with Crippen LogP contribution in [-0.2, 0) is 13.5 Å². The molecule has 1 aromatic rings. The van der Waals surface area contributed by atoms with E-state index in [9.17, 15) is 14.7 Å². The van der Waals surface area contributed by atoms with Gasteiger partial charge in [-0.2, -0.15) is 0 Å². The van der Waals surface area contributed by atoms with Crippen LogP contribution in [0.1, 0.15) is 32.4 Å². The van der Waals surface area contributed by atoms with Crippen LogP contribution in [0.2, 0.25) is 18.1 Å². The van der Waals surface area contributed by atoms with Crippen molar-refractivity contribution in [2.24, 2.45) is 0 Å². The van der Waals surface area contributed by atoms with Crippen LogP contribution in [0.25, 0.3) is 0 Å². The maximum atomic E-state index is 13.5. The molecule has 3 rings (SSSR count). The molecule has 8 nitrogen and oxygen atoms in total. The number of hydrogen-bond acceptors (Lipinski definition) is 5. The third-order valence-electron chi connectivity index (χ3n) is 5.70. The Morgan fingerprint density at radius 1 is 1.14 bits per heavy atom. The van der Waals surface area contributed by atoms with E-state index in [-0.39, 0.29) is 17.3 Å². The van der Waals surface area contributed by atoms with Crippen molar-refractivity contribution in [3.8, 4) is 0 Å². The van der Waals surface area contributed by atoms with Crippen molar-refractivity contribution in [3.63, 3.8) is 0 Å². The molecule has 0 aliphatic carbocycles. The van der Waals surface area contributed by atoms with Crippen molar-refractivity contribution in [3.05, 3.63) is 39.9 Å². The summed E-state index contributed by atoms with van der Waals surface area (Å²) in [6.45, 7) is 14.2. The highest BCUT2D eigenvalue weighted by molar-refractivity contribution is 7.54. The molecular formula is C18H30N3O5PSi. The normalized spacial score (nSPS) is 19.5. The summed E-state index contributed by atoms with van der Waals surface area (Å²) in [7, 11) is -5.08. The van der Waals surface area contributed by atoms with Gasteiger partial charge in [0.2, 0.25) is 0 Å². The summed E-state index contributed by atoms with van der Waals surface area (Å²) in [6, 6.07) is 6.26. The van der Waals surface area contributed by atoms with Gasteiger partial charge < -0.3 is 4.43 Å². The quantitative estimate of drug-likeness (QED) is 0.190. The van der Waals surface area contributed by atoms with Crippen molar-refractivity contribution >= 4 is 21.7 Å². The van der Waals surface area contributed by atoms with Crippen LogP contribution < -0.4 is 0 Å². The van der Waals surface area contributed by atoms with E-state index in [0.29, 0.717) is 0 Å². The first-order chi connectivity index (χ1) is 12.9. The van der Waals surface area contributed by atoms with Gasteiger partial charge >= 0.3 is 7.67 Å². The summed E-state index contributed by atoms with van der Waals surface area (Å²) in [5.74, 6) is 0. The number of nitro benzene ring substituents is 1. The molecule has 0 amide bonds. The standard InChI is InChI=1S/C18H30N3O5PSi/c1-18(2,3)28(4,5)25-14-17(15-6-8-16(9-7-15)21(22)23)26-27(24,19-10-11-19)20-12-13-20/h6-9,17H,10-14H2,1-5H3. The number of hydrogen-bond donors (Lipinski definition) is 0. The lowest BCUT2D eigenvalue weighted by Crippen LogP contribution is -2.42. The van der Waals surface area contributed by atoms with E-state index in [0.717, 1.165) is 31.7 Å². The third-order valence-corrected chi connectivity index (χ3v) is 13.0. The van der Waals surface area contributed by atoms with Crippen molar-refractivity contribution in [1.29, 1.82) is 0 Å². The van der Waals surface area contributed by atoms with Crippen LogP contribution in [-0.4, -0.2) is 55.4 Å². The van der Waals surface area contributed by atoms with Crippen LogP contribution in [0.4, 0.5) is 5.69 Å². The molecule has 2 aliphatic rings. The van der Waals surface area contributed by atoms with Crippen molar-refractivity contribution in [2.75, 3.05) is 32.8 Å². The molecule has 0 aromatic heterocycles. The molecule has 0 spiro atoms. The average Bonchev–Trinajstić information content (AvgIpc) is 3.48. The Morgan fingerprint density at radius 2 is 1.64 bits per heavy atom. The first-order valence-electron chi connectivity index (χ1n) is 9.62. The van der Waals surface area contributed by atoms with Crippen LogP contribution in [0.15, 0.2) is 24.3 Å². The number of rotatable bonds is 9. The lowest BCUT2D eigenvalue weighted by molar-refractivity contribution is -0.384. The largest absolute Gasteiger partial charge is 0.414 e. The summed E-state index contributed by atoms with van der Waals surface area (Å²) in [5, 5.41) is 11.0. The monoisotopic (exact) mass is 427 g/mol. The van der Waals surface area contributed by atoms with E-state index in [1.165, 1.54) is 12.1 Å². The second-order valence-corrected chi connectivity index (χ2v) is 16.0. The number of nitrogens with zero attached hydrogens (tertiary/aromatic N) is 3. The van der Waals surface area contributed by atoms with Crippen molar-refractivity contribution in [1.82, 2.24) is 9.34 Å². The van der Waals surface area contributed by atoms with Gasteiger partial charge in [0.05, 0.1) is 11.5 Å². The van der Waals surface area contributed by atoms with E-state index >= 15 is 0 Å². The molecule has 0 saturated carbocycles. The lowest BCUT2D eigenvalue weighted by Gasteiger charge is -2.37. The molecule has 28 heavy (non-hydrogen) atoms. The van der Waals surface area contributed by atoms with Crippen molar-refractivity contribution < 1.29 is 18.4 Å². The Hall–Kier alpha value is -1.09. The predicted molar refractivity (Wildman–Crippen MR) is 111 cm³/mol. The minimum atomic E-state index is -3.05. The zero-order valence-corrected chi connectivity index (χ0v) is 19.1. The van der Waals surface area contributed by atoms with Crippen molar-refractivity contribution in [2.45, 2.75) is 45.0 Å². The molecule has 10 heteroatoms. The summed E-state index contributed by atoms with van der Waals surface area (Å²) < 4.78 is 29.8. The van der Waals surface area contributed by atoms with E-state index in [1.54, 1.807) is 12.1 Å². The summed E-state index contributed by atoms with van der Waals surface area (Å²) >= 11 is 0. The molecule has 1 atom stereocenters. The van der Waals surface area contributed by atoms with Gasteiger partial charge in [0, 0.05) is 38.3 Å². The highest BCUT2D eigenvalue weighted by Crippen LogP contribution is 2.63. The number of nitro groups is 1. The lowest BCUT2D eigenvalue weighted by atomic mass is 10.1. The molecule has 2 fully saturated rings. The zero-order valence-electron chi connectivity index (χ0n) is 17.3. The highest BCUT2D eigenvalue weighted by atomic mass is 31.2. The van der Waals surface area contributed by atoms with Gasteiger partial charge in [0.1, 0.15) is 6.10 Å². The van der Waals surface area contributed by atoms with Gasteiger partial charge in [-0.05, 0) is 35.8 Å². The molecule has 0 radical (unpaired) electrons. The molecule has 2 aliphatic heterocycles. The average molecular weight is 428 g/mol. The number of benzene rings is 1. The summed E-state index contributed by atoms with van der Waals surface area (Å²) in [4.78, 5) is 10.5. The van der Waals surface area contributed by atoms with E-state index < -0.39 is 27.0 Å². The molecule has 156 valence electrons. The Balaban J connectivity index is 1.83. The van der Waals surface area contributed by atoms with Crippen LogP contribution in [0.3, 0.4) is 0 Å². The van der Waals surface area contributed by atoms with Crippen LogP contribution in [0.5, 0.6) is 0 Å². The SMILES string of the molecule is CC(C)(C)[Si](C)(C)OCC(OP(=O)(N1CC1)N1CC1)c1ccc([N+](=O)[O-])cc1. The fourth-order valence-electron chi connectivity index (χ4n) is 2.57. The van der Waals surface area contributed by atoms with Crippen LogP contribution in [0, 0.1) is 10.1 Å². The van der Waals surface area contributed by atoms with Gasteiger partial charge in [-0.1, -0.05) is 20.8 Å². The van der Waals surface area contributed by atoms with E-state index in [2.05, 4.69) is 33.9 Å². The fourth-order valence-corrected chi connectivity index (χ4v) is 5.90. The first-order valence-corrected chi connectivity index (χ1v) is 14.1. The first kappa shape index (κ1) is 21.6. The Morgan fingerprint density at radius 3 is 2.04 bits per heavy atom. The van der Waals surface area contributed by atoms with Gasteiger partial charge in [-0.15, -0.1) is 0 Å². The molecule has 1 unspecified atom stereocenters. The fraction of sp³-hybridized carbons (Fsp3) is 0.667. The van der Waals surface area contributed by atoms with Gasteiger partial charge in [0.15, 0.2) is 8.32 Å². The Labute approximate surface area is 167 Å². The molecule has 0 N–H and O–H groups in total. The van der Waals surface area contributed by atoms with E-state index in [1.807, 2.05) is 9.34 Å². The van der Waals surface area contributed by atoms with E-state index in [4.69, 9.17) is 8.95 Å². The minimum absolute atomic E-state index is 0.0212. The van der Waals surface area contributed by atoms with Gasteiger partial charge in [-0.25, -0.2) is 9.34 Å². The zero-order chi connectivity index (χ0) is 20.7. The Bertz CT molecular complexity index is 756. The summed E-state index contributed by atoms with van der Waals surface area (Å²) in [6.07, 6.45) is -0.540. The smallest absolute Gasteiger partial charge is 0.346 e. The molecule has 2 saturated heterocycles. The Kier molecular flexibility index (Phi) is 5.89. The number of non-ortho nitro benzene ring substituents is 1. The second-order valence-electron chi connectivity index (χ2n) is 8.91. The molecular weight excluding hydrogens is 397 g/mol.